The number of nitrogens with zero attached hydrogens (tertiary/aromatic N) is 1. The van der Waals surface area contributed by atoms with Crippen molar-refractivity contribution in [3.63, 3.8) is 0 Å². The summed E-state index contributed by atoms with van der Waals surface area (Å²) in [7, 11) is 4.33. The number of amides is 2. The molecule has 1 spiro atoms. The van der Waals surface area contributed by atoms with E-state index in [-0.39, 0.29) is 64.1 Å². The minimum Gasteiger partial charge on any atom is -0.497 e. The van der Waals surface area contributed by atoms with Crippen molar-refractivity contribution in [1.82, 2.24) is 10.3 Å². The lowest BCUT2D eigenvalue weighted by molar-refractivity contribution is -0.123. The number of pyridine rings is 1. The van der Waals surface area contributed by atoms with E-state index in [2.05, 4.69) is 15.6 Å². The first kappa shape index (κ1) is 31.6. The number of ketones is 2. The fourth-order valence-electron chi connectivity index (χ4n) is 6.00. The van der Waals surface area contributed by atoms with Crippen LogP contribution in [-0.2, 0) is 22.4 Å². The number of aromatic nitrogens is 1. The molecule has 0 unspecified atom stereocenters. The maximum Gasteiger partial charge on any atom is 0.244 e. The molecule has 242 valence electrons. The first-order valence-electron chi connectivity index (χ1n) is 14.6. The second-order valence-electron chi connectivity index (χ2n) is 11.1. The zero-order valence-corrected chi connectivity index (χ0v) is 26.7. The highest BCUT2D eigenvalue weighted by molar-refractivity contribution is 6.36. The minimum atomic E-state index is -2.01. The molecule has 2 aliphatic rings. The molecule has 12 nitrogen and oxygen atoms in total. The number of Topliss-reactive ketones (excluding diaryl/α,β-unsaturated/α-hetero) is 2. The smallest absolute Gasteiger partial charge is 0.244 e. The summed E-state index contributed by atoms with van der Waals surface area (Å²) in [6, 6.07) is 13.4. The number of nitrogens with one attached hydrogen (secondary N) is 2. The van der Waals surface area contributed by atoms with Crippen molar-refractivity contribution in [2.45, 2.75) is 25.4 Å². The molecule has 2 amide bonds. The summed E-state index contributed by atoms with van der Waals surface area (Å²) in [6.45, 7) is 1.36. The van der Waals surface area contributed by atoms with Gasteiger partial charge in [0, 0.05) is 35.7 Å². The highest BCUT2D eigenvalue weighted by atomic mass is 35.5. The monoisotopic (exact) mass is 659 g/mol. The number of anilines is 1. The highest BCUT2D eigenvalue weighted by Gasteiger charge is 2.63. The van der Waals surface area contributed by atoms with Crippen molar-refractivity contribution in [1.29, 1.82) is 0 Å². The molecule has 0 fully saturated rings. The van der Waals surface area contributed by atoms with E-state index in [1.165, 1.54) is 33.6 Å². The van der Waals surface area contributed by atoms with Gasteiger partial charge in [-0.1, -0.05) is 24.6 Å². The van der Waals surface area contributed by atoms with E-state index in [1.54, 1.807) is 49.4 Å². The van der Waals surface area contributed by atoms with Crippen LogP contribution in [0.1, 0.15) is 39.0 Å². The average Bonchev–Trinajstić information content (AvgIpc) is 3.59. The Balaban J connectivity index is 1.38. The number of benzene rings is 2. The second kappa shape index (κ2) is 12.4. The van der Waals surface area contributed by atoms with E-state index >= 15 is 0 Å². The van der Waals surface area contributed by atoms with Gasteiger partial charge in [-0.05, 0) is 36.4 Å². The van der Waals surface area contributed by atoms with Crippen LogP contribution in [0.2, 0.25) is 5.02 Å². The highest BCUT2D eigenvalue weighted by Crippen LogP contribution is 2.54. The Kier molecular flexibility index (Phi) is 8.37. The molecule has 47 heavy (non-hydrogen) atoms. The fraction of sp³-hybridized carbons (Fsp3) is 0.265. The Hall–Kier alpha value is -5.36. The third-order valence-electron chi connectivity index (χ3n) is 8.32. The Bertz CT molecular complexity index is 1910. The Morgan fingerprint density at radius 1 is 0.979 bits per heavy atom. The lowest BCUT2D eigenvalue weighted by Gasteiger charge is -2.35. The maximum atomic E-state index is 14.7. The van der Waals surface area contributed by atoms with Crippen molar-refractivity contribution in [2.24, 2.45) is 5.92 Å². The molecule has 0 bridgehead atoms. The molecule has 2 aromatic heterocycles. The van der Waals surface area contributed by atoms with Crippen molar-refractivity contribution >= 4 is 40.8 Å². The Labute approximate surface area is 274 Å². The normalized spacial score (nSPS) is 17.9. The average molecular weight is 660 g/mol. The van der Waals surface area contributed by atoms with Gasteiger partial charge in [-0.15, -0.1) is 0 Å². The van der Waals surface area contributed by atoms with Crippen LogP contribution in [0.5, 0.6) is 23.0 Å². The van der Waals surface area contributed by atoms with Crippen molar-refractivity contribution in [2.75, 3.05) is 33.2 Å². The molecule has 0 saturated carbocycles. The molecule has 2 aromatic carbocycles. The molecule has 2 atom stereocenters. The van der Waals surface area contributed by atoms with Gasteiger partial charge in [-0.25, -0.2) is 4.98 Å². The van der Waals surface area contributed by atoms with Gasteiger partial charge in [0.05, 0.1) is 39.9 Å². The van der Waals surface area contributed by atoms with Gasteiger partial charge in [-0.3, -0.25) is 19.2 Å². The van der Waals surface area contributed by atoms with Crippen LogP contribution in [0.15, 0.2) is 59.1 Å². The number of methoxy groups -OCH3 is 3. The van der Waals surface area contributed by atoms with Crippen molar-refractivity contribution in [3.05, 3.63) is 82.2 Å². The summed E-state index contributed by atoms with van der Waals surface area (Å²) in [5.41, 5.74) is -1.11. The molecule has 1 aliphatic heterocycles. The standard InChI is InChI=1S/C34H30ClN3O9/c1-17-13-22-27(32(41)34(17)33(42)28-21(44-3)15-23(45-4)29(35)31(28)47-34)20(30(46-22)18-8-10-19(43-2)11-9-18)14-25(39)37-16-26(40)38-24-7-5-6-12-36-24/h5-12,15,17H,13-14,16H2,1-4H3,(H,37,39)(H,36,38,40)/t17-,34+/m1/s1. The molecule has 0 saturated heterocycles. The molecule has 0 radical (unpaired) electrons. The summed E-state index contributed by atoms with van der Waals surface area (Å²) in [6.07, 6.45) is 1.32. The van der Waals surface area contributed by atoms with Gasteiger partial charge < -0.3 is 34.0 Å². The summed E-state index contributed by atoms with van der Waals surface area (Å²) in [5, 5.41) is 5.21. The number of carbonyl (C=O) groups is 4. The predicted octanol–water partition coefficient (Wildman–Crippen LogP) is 4.71. The summed E-state index contributed by atoms with van der Waals surface area (Å²) in [4.78, 5) is 58.8. The van der Waals surface area contributed by atoms with Crippen molar-refractivity contribution in [3.8, 4) is 34.3 Å². The molecule has 2 N–H and O–H groups in total. The topological polar surface area (TPSA) is 155 Å². The van der Waals surface area contributed by atoms with Crippen LogP contribution < -0.4 is 29.6 Å². The predicted molar refractivity (Wildman–Crippen MR) is 170 cm³/mol. The van der Waals surface area contributed by atoms with Gasteiger partial charge in [-0.2, -0.15) is 0 Å². The molecular weight excluding hydrogens is 630 g/mol. The van der Waals surface area contributed by atoms with Gasteiger partial charge >= 0.3 is 0 Å². The molecule has 4 aromatic rings. The molecule has 6 rings (SSSR count). The van der Waals surface area contributed by atoms with Gasteiger partial charge in [0.2, 0.25) is 29.0 Å². The second-order valence-corrected chi connectivity index (χ2v) is 11.4. The van der Waals surface area contributed by atoms with Gasteiger partial charge in [0.1, 0.15) is 45.2 Å². The summed E-state index contributed by atoms with van der Waals surface area (Å²) < 4.78 is 28.7. The summed E-state index contributed by atoms with van der Waals surface area (Å²) >= 11 is 6.58. The van der Waals surface area contributed by atoms with Gasteiger partial charge in [0.25, 0.3) is 0 Å². The lowest BCUT2D eigenvalue weighted by Crippen LogP contribution is -2.56. The van der Waals surface area contributed by atoms with Crippen LogP contribution >= 0.6 is 11.6 Å². The van der Waals surface area contributed by atoms with E-state index in [9.17, 15) is 19.2 Å². The molecule has 13 heteroatoms. The van der Waals surface area contributed by atoms with E-state index in [0.717, 1.165) is 0 Å². The van der Waals surface area contributed by atoms with Crippen LogP contribution in [0.4, 0.5) is 5.82 Å². The third kappa shape index (κ3) is 5.34. The van der Waals surface area contributed by atoms with E-state index < -0.39 is 34.9 Å². The number of halogens is 1. The van der Waals surface area contributed by atoms with Crippen LogP contribution in [-0.4, -0.2) is 61.8 Å². The van der Waals surface area contributed by atoms with Crippen LogP contribution in [0.3, 0.4) is 0 Å². The SMILES string of the molecule is COc1ccc(-c2oc3c(c2CC(=O)NCC(=O)Nc2ccccn2)C(=O)[C@@]2(Oc4c(Cl)c(OC)cc(OC)c4C2=O)[C@H](C)C3)cc1. The number of ether oxygens (including phenoxy) is 4. The molecule has 1 aliphatic carbocycles. The number of hydrogen-bond acceptors (Lipinski definition) is 10. The van der Waals surface area contributed by atoms with E-state index in [4.69, 9.17) is 35.0 Å². The fourth-order valence-corrected chi connectivity index (χ4v) is 6.27. The number of rotatable bonds is 9. The third-order valence-corrected chi connectivity index (χ3v) is 8.67. The zero-order valence-electron chi connectivity index (χ0n) is 25.9. The molecule has 3 heterocycles. The van der Waals surface area contributed by atoms with Crippen LogP contribution in [0, 0.1) is 5.92 Å². The molecular formula is C34H30ClN3O9. The Morgan fingerprint density at radius 3 is 2.36 bits per heavy atom. The minimum absolute atomic E-state index is 0.0198. The summed E-state index contributed by atoms with van der Waals surface area (Å²) in [5.74, 6) is -1.21. The number of furan rings is 1. The van der Waals surface area contributed by atoms with Crippen molar-refractivity contribution < 1.29 is 42.5 Å². The van der Waals surface area contributed by atoms with Crippen LogP contribution in [0.25, 0.3) is 11.3 Å². The number of carbonyl (C=O) groups excluding carboxylic acids is 4. The van der Waals surface area contributed by atoms with Gasteiger partial charge in [0.15, 0.2) is 5.75 Å². The maximum absolute atomic E-state index is 14.7. The van der Waals surface area contributed by atoms with E-state index in [0.29, 0.717) is 22.9 Å². The largest absolute Gasteiger partial charge is 0.497 e. The first-order chi connectivity index (χ1) is 22.6. The Morgan fingerprint density at radius 2 is 1.70 bits per heavy atom. The number of hydrogen-bond donors (Lipinski definition) is 2. The quantitative estimate of drug-likeness (QED) is 0.241. The van der Waals surface area contributed by atoms with E-state index in [1.807, 2.05) is 0 Å². The number of fused-ring (bicyclic) bond motifs is 2. The first-order valence-corrected chi connectivity index (χ1v) is 15.0. The zero-order chi connectivity index (χ0) is 33.5. The lowest BCUT2D eigenvalue weighted by atomic mass is 9.70.